The maximum atomic E-state index is 14.1. The minimum atomic E-state index is -1.03. The van der Waals surface area contributed by atoms with Crippen LogP contribution in [0.2, 0.25) is 0 Å². The summed E-state index contributed by atoms with van der Waals surface area (Å²) in [4.78, 5) is 79.3. The van der Waals surface area contributed by atoms with E-state index in [1.165, 1.54) is 121 Å². The molecule has 0 aromatic heterocycles. The lowest BCUT2D eigenvalue weighted by molar-refractivity contribution is -0.167. The van der Waals surface area contributed by atoms with Crippen molar-refractivity contribution in [1.29, 1.82) is 0 Å². The van der Waals surface area contributed by atoms with Crippen LogP contribution in [0.15, 0.2) is 23.8 Å². The van der Waals surface area contributed by atoms with E-state index in [9.17, 15) is 28.8 Å². The van der Waals surface area contributed by atoms with Crippen LogP contribution < -0.4 is 4.74 Å². The van der Waals surface area contributed by atoms with E-state index in [4.69, 9.17) is 23.7 Å². The second-order valence-electron chi connectivity index (χ2n) is 27.0. The van der Waals surface area contributed by atoms with Gasteiger partial charge in [-0.3, -0.25) is 28.8 Å². The summed E-state index contributed by atoms with van der Waals surface area (Å²) < 4.78 is 29.5. The van der Waals surface area contributed by atoms with E-state index in [1.54, 1.807) is 6.07 Å². The van der Waals surface area contributed by atoms with Gasteiger partial charge in [-0.15, -0.1) is 0 Å². The van der Waals surface area contributed by atoms with Gasteiger partial charge in [0.15, 0.2) is 11.9 Å². The number of ketones is 1. The van der Waals surface area contributed by atoms with E-state index < -0.39 is 23.5 Å². The van der Waals surface area contributed by atoms with Gasteiger partial charge in [-0.25, -0.2) is 0 Å². The number of hydrogen-bond donors (Lipinski definition) is 0. The first-order valence-electron chi connectivity index (χ1n) is 33.7. The van der Waals surface area contributed by atoms with Crippen LogP contribution in [-0.2, 0) is 53.1 Å². The fourth-order valence-corrected chi connectivity index (χ4v) is 15.1. The number of esters is 5. The lowest BCUT2D eigenvalue weighted by atomic mass is 9.47. The third-order valence-corrected chi connectivity index (χ3v) is 19.7. The topological polar surface area (TPSA) is 149 Å². The molecule has 0 spiro atoms. The summed E-state index contributed by atoms with van der Waals surface area (Å²) in [6.07, 6.45) is 39.7. The van der Waals surface area contributed by atoms with Crippen molar-refractivity contribution in [2.24, 2.45) is 28.6 Å². The van der Waals surface area contributed by atoms with Gasteiger partial charge in [-0.1, -0.05) is 207 Å². The van der Waals surface area contributed by atoms with Gasteiger partial charge < -0.3 is 23.7 Å². The molecule has 0 radical (unpaired) electrons. The highest BCUT2D eigenvalue weighted by atomic mass is 16.6. The molecule has 0 amide bonds. The zero-order chi connectivity index (χ0) is 59.4. The number of unbranched alkanes of at least 4 members (excludes halogenated alkanes) is 24. The second kappa shape index (κ2) is 36.1. The van der Waals surface area contributed by atoms with E-state index in [1.807, 2.05) is 39.8 Å². The Morgan fingerprint density at radius 1 is 0.561 bits per heavy atom. The van der Waals surface area contributed by atoms with E-state index in [0.717, 1.165) is 100 Å². The molecule has 4 aliphatic rings. The zero-order valence-electron chi connectivity index (χ0n) is 53.1. The minimum absolute atomic E-state index is 0.0856. The van der Waals surface area contributed by atoms with Crippen LogP contribution in [-0.4, -0.2) is 61.1 Å². The molecule has 11 nitrogen and oxygen atoms in total. The van der Waals surface area contributed by atoms with Crippen LogP contribution in [0.5, 0.6) is 5.75 Å². The number of ether oxygens (including phenoxy) is 5. The molecule has 82 heavy (non-hydrogen) atoms. The summed E-state index contributed by atoms with van der Waals surface area (Å²) in [7, 11) is 0. The summed E-state index contributed by atoms with van der Waals surface area (Å²) in [5, 5.41) is 0. The number of rotatable bonds is 41. The van der Waals surface area contributed by atoms with Crippen LogP contribution in [0.3, 0.4) is 0 Å². The maximum Gasteiger partial charge on any atom is 0.311 e. The summed E-state index contributed by atoms with van der Waals surface area (Å²) in [5.41, 5.74) is 3.07. The third kappa shape index (κ3) is 22.4. The highest BCUT2D eigenvalue weighted by molar-refractivity contribution is 5.91. The predicted molar refractivity (Wildman–Crippen MR) is 327 cm³/mol. The SMILES string of the molecule is CCCCCCCCCCCCCCCC(=O)OCC(COC(=O)CCCCCCCCCCCCCCC)OC(=O)CCC(=O)Oc1cc(C)cc(C)c1C(C)(C)CC(=O)OC1CC[C@H]2[C@@H]3CCC4=CC(=O)CC[C@]4(C)[C@H]3CC[C@]12C. The van der Waals surface area contributed by atoms with Crippen molar-refractivity contribution in [3.05, 3.63) is 40.5 Å². The molecule has 11 heteroatoms. The Morgan fingerprint density at radius 2 is 1.06 bits per heavy atom. The quantitative estimate of drug-likeness (QED) is 0.0267. The Kier molecular flexibility index (Phi) is 30.3. The highest BCUT2D eigenvalue weighted by Gasteiger charge is 2.60. The third-order valence-electron chi connectivity index (χ3n) is 19.7. The minimum Gasteiger partial charge on any atom is -0.462 e. The fourth-order valence-electron chi connectivity index (χ4n) is 15.1. The number of allylic oxidation sites excluding steroid dienone is 1. The standard InChI is InChI=1S/C71H114O11/c1-9-11-13-15-17-19-21-23-25-27-29-31-33-35-63(73)78-51-57(52-79-64(74)36-34-32-30-28-26-24-22-20-18-16-14-12-10-2)80-65(75)41-42-66(76)81-61-48-53(3)47-54(4)68(61)69(5,6)50-67(77)82-62-40-39-59-58-38-37-55-49-56(72)43-45-70(55,7)60(58)44-46-71(59,62)8/h47-49,57-60,62H,9-46,50-52H2,1-8H3/t58-,59-,60-,62?,70-,71-/m0/s1. The van der Waals surface area contributed by atoms with Crippen LogP contribution >= 0.6 is 0 Å². The Morgan fingerprint density at radius 3 is 1.59 bits per heavy atom. The second-order valence-corrected chi connectivity index (χ2v) is 27.0. The number of aryl methyl sites for hydroxylation is 2. The van der Waals surface area contributed by atoms with Gasteiger partial charge in [0, 0.05) is 35.7 Å². The van der Waals surface area contributed by atoms with E-state index >= 15 is 0 Å². The Hall–Kier alpha value is -4.02. The molecular weight excluding hydrogens is 1030 g/mol. The maximum absolute atomic E-state index is 14.1. The van der Waals surface area contributed by atoms with Gasteiger partial charge in [-0.05, 0) is 118 Å². The van der Waals surface area contributed by atoms with Crippen molar-refractivity contribution in [3.63, 3.8) is 0 Å². The fraction of sp³-hybridized carbons (Fsp3) is 0.803. The van der Waals surface area contributed by atoms with Gasteiger partial charge in [0.05, 0.1) is 19.3 Å². The lowest BCUT2D eigenvalue weighted by Gasteiger charge is -2.57. The molecule has 0 aliphatic heterocycles. The first-order chi connectivity index (χ1) is 39.4. The average Bonchev–Trinajstić information content (AvgIpc) is 1.75. The zero-order valence-corrected chi connectivity index (χ0v) is 53.1. The summed E-state index contributed by atoms with van der Waals surface area (Å²) in [5.74, 6) is -0.174. The molecule has 3 fully saturated rings. The monoisotopic (exact) mass is 1140 g/mol. The summed E-state index contributed by atoms with van der Waals surface area (Å²) in [6, 6.07) is 3.82. The van der Waals surface area contributed by atoms with Crippen molar-refractivity contribution in [3.8, 4) is 5.75 Å². The van der Waals surface area contributed by atoms with Gasteiger partial charge in [-0.2, -0.15) is 0 Å². The van der Waals surface area contributed by atoms with Crippen LogP contribution in [0.1, 0.15) is 309 Å². The normalized spacial score (nSPS) is 22.2. The molecule has 4 aliphatic carbocycles. The van der Waals surface area contributed by atoms with Gasteiger partial charge >= 0.3 is 29.8 Å². The molecule has 1 unspecified atom stereocenters. The van der Waals surface area contributed by atoms with Gasteiger partial charge in [0.1, 0.15) is 25.1 Å². The van der Waals surface area contributed by atoms with E-state index in [0.29, 0.717) is 42.8 Å². The van der Waals surface area contributed by atoms with E-state index in [2.05, 4.69) is 27.7 Å². The van der Waals surface area contributed by atoms with Crippen LogP contribution in [0, 0.1) is 42.4 Å². The van der Waals surface area contributed by atoms with Crippen LogP contribution in [0.4, 0.5) is 0 Å². The number of fused-ring (bicyclic) bond motifs is 5. The van der Waals surface area contributed by atoms with E-state index in [-0.39, 0.29) is 85.9 Å². The molecule has 0 heterocycles. The predicted octanol–water partition coefficient (Wildman–Crippen LogP) is 18.1. The molecule has 0 saturated heterocycles. The molecule has 6 atom stereocenters. The largest absolute Gasteiger partial charge is 0.462 e. The van der Waals surface area contributed by atoms with Crippen molar-refractivity contribution >= 4 is 35.6 Å². The Balaban J connectivity index is 1.08. The smallest absolute Gasteiger partial charge is 0.311 e. The molecule has 1 aromatic carbocycles. The van der Waals surface area contributed by atoms with Crippen LogP contribution in [0.25, 0.3) is 0 Å². The summed E-state index contributed by atoms with van der Waals surface area (Å²) in [6.45, 7) is 16.6. The van der Waals surface area contributed by atoms with Crippen molar-refractivity contribution < 1.29 is 52.5 Å². The molecule has 0 bridgehead atoms. The van der Waals surface area contributed by atoms with Gasteiger partial charge in [0.2, 0.25) is 0 Å². The lowest BCUT2D eigenvalue weighted by Crippen LogP contribution is -2.51. The number of hydrogen-bond acceptors (Lipinski definition) is 11. The molecule has 0 N–H and O–H groups in total. The Labute approximate surface area is 497 Å². The Bertz CT molecular complexity index is 2130. The summed E-state index contributed by atoms with van der Waals surface area (Å²) >= 11 is 0. The average molecular weight is 1140 g/mol. The molecular formula is C71H114O11. The van der Waals surface area contributed by atoms with Crippen molar-refractivity contribution in [2.75, 3.05) is 13.2 Å². The molecule has 5 rings (SSSR count). The first-order valence-corrected chi connectivity index (χ1v) is 33.7. The highest BCUT2D eigenvalue weighted by Crippen LogP contribution is 2.65. The molecule has 1 aromatic rings. The van der Waals surface area contributed by atoms with Crippen molar-refractivity contribution in [1.82, 2.24) is 0 Å². The number of carbonyl (C=O) groups is 6. The molecule has 464 valence electrons. The molecule has 3 saturated carbocycles. The number of carbonyl (C=O) groups excluding carboxylic acids is 6. The number of benzene rings is 1. The van der Waals surface area contributed by atoms with Crippen molar-refractivity contribution in [2.45, 2.75) is 323 Å². The first kappa shape index (κ1) is 68.8. The van der Waals surface area contributed by atoms with Gasteiger partial charge in [0.25, 0.3) is 0 Å².